The maximum atomic E-state index is 7.36. The molecule has 0 amide bonds. The fourth-order valence-electron chi connectivity index (χ4n) is 5.83. The number of nitrogens with two attached hydrogens (primary N) is 2. The number of anilines is 2. The van der Waals surface area contributed by atoms with Crippen molar-refractivity contribution in [3.63, 3.8) is 0 Å². The molecule has 0 radical (unpaired) electrons. The summed E-state index contributed by atoms with van der Waals surface area (Å²) in [6.07, 6.45) is -0.588. The first-order valence-corrected chi connectivity index (χ1v) is 11.2. The molecule has 6 aliphatic rings. The summed E-state index contributed by atoms with van der Waals surface area (Å²) in [5.74, 6) is -3.45. The largest absolute Gasteiger partial charge is 0.399 e. The number of hydrogen-bond donors (Lipinski definition) is 2. The van der Waals surface area contributed by atoms with Gasteiger partial charge in [-0.1, -0.05) is 24.3 Å². The summed E-state index contributed by atoms with van der Waals surface area (Å²) in [4.78, 5) is 0. The van der Waals surface area contributed by atoms with E-state index in [1.807, 2.05) is 62.4 Å². The SMILES string of the molecule is CC12OC1(C(OC(c1ccc(N)cc1)(C1CO1)C13OC1(C)O3)(c1ccc(N)cc1)C1CO1)O2. The number of ether oxygens (including phenoxy) is 7. The van der Waals surface area contributed by atoms with Gasteiger partial charge in [-0.05, 0) is 49.2 Å². The monoisotopic (exact) mass is 452 g/mol. The van der Waals surface area contributed by atoms with E-state index in [0.29, 0.717) is 24.6 Å². The predicted molar refractivity (Wildman–Crippen MR) is 112 cm³/mol. The Morgan fingerprint density at radius 2 is 1.00 bits per heavy atom. The third-order valence-electron chi connectivity index (χ3n) is 7.94. The summed E-state index contributed by atoms with van der Waals surface area (Å²) in [5, 5.41) is 0. The summed E-state index contributed by atoms with van der Waals surface area (Å²) < 4.78 is 43.6. The normalized spacial score (nSPS) is 46.2. The van der Waals surface area contributed by atoms with Gasteiger partial charge < -0.3 is 44.6 Å². The van der Waals surface area contributed by atoms with Crippen molar-refractivity contribution in [1.82, 2.24) is 0 Å². The van der Waals surface area contributed by atoms with Gasteiger partial charge in [0.05, 0.1) is 13.2 Å². The van der Waals surface area contributed by atoms with E-state index >= 15 is 0 Å². The highest BCUT2D eigenvalue weighted by molar-refractivity contribution is 5.49. The van der Waals surface area contributed by atoms with Crippen molar-refractivity contribution in [3.05, 3.63) is 59.7 Å². The summed E-state index contributed by atoms with van der Waals surface area (Å²) >= 11 is 0. The molecular formula is C24H24N2O7. The average Bonchev–Trinajstić information content (AvgIpc) is 3.55. The van der Waals surface area contributed by atoms with Crippen molar-refractivity contribution in [1.29, 1.82) is 0 Å². The summed E-state index contributed by atoms with van der Waals surface area (Å²) in [7, 11) is 0. The Kier molecular flexibility index (Phi) is 3.01. The zero-order chi connectivity index (χ0) is 22.5. The standard InChI is InChI=1S/C24H24N2O7/c1-19-23(29-19,30-19)21(17-11-27-17,13-3-7-15(25)8-4-13)33-22(18-12-28-18,24-20(2,31-24)32-24)14-5-9-16(26)10-6-14/h3-10,17-18H,11-12,25-26H2,1-2H3. The van der Waals surface area contributed by atoms with Gasteiger partial charge in [0, 0.05) is 11.4 Å². The lowest BCUT2D eigenvalue weighted by molar-refractivity contribution is -0.299. The van der Waals surface area contributed by atoms with Gasteiger partial charge in [0.2, 0.25) is 11.6 Å². The second-order valence-electron chi connectivity index (χ2n) is 9.99. The Bertz CT molecular complexity index is 1090. The van der Waals surface area contributed by atoms with E-state index in [1.165, 1.54) is 0 Å². The van der Waals surface area contributed by atoms with Gasteiger partial charge in [0.25, 0.3) is 11.6 Å². The Hall–Kier alpha value is -2.24. The van der Waals surface area contributed by atoms with Crippen LogP contribution in [0.15, 0.2) is 48.5 Å². The van der Waals surface area contributed by atoms with E-state index in [4.69, 9.17) is 44.6 Å². The minimum absolute atomic E-state index is 0.294. The first-order valence-electron chi connectivity index (χ1n) is 11.2. The van der Waals surface area contributed by atoms with Gasteiger partial charge in [-0.3, -0.25) is 0 Å². The van der Waals surface area contributed by atoms with Crippen molar-refractivity contribution in [3.8, 4) is 0 Å². The lowest BCUT2D eigenvalue weighted by Crippen LogP contribution is -2.57. The highest BCUT2D eigenvalue weighted by Gasteiger charge is 3.03. The van der Waals surface area contributed by atoms with Crippen molar-refractivity contribution in [2.45, 2.75) is 60.4 Å². The zero-order valence-corrected chi connectivity index (χ0v) is 18.2. The van der Waals surface area contributed by atoms with E-state index in [0.717, 1.165) is 11.1 Å². The average molecular weight is 452 g/mol. The highest BCUT2D eigenvalue weighted by atomic mass is 17.1. The van der Waals surface area contributed by atoms with E-state index in [2.05, 4.69) is 0 Å². The first-order chi connectivity index (χ1) is 15.7. The van der Waals surface area contributed by atoms with E-state index in [9.17, 15) is 0 Å². The molecule has 172 valence electrons. The molecule has 4 N–H and O–H groups in total. The lowest BCUT2D eigenvalue weighted by atomic mass is 9.79. The molecule has 4 atom stereocenters. The first kappa shape index (κ1) is 19.1. The summed E-state index contributed by atoms with van der Waals surface area (Å²) in [5.41, 5.74) is 12.8. The fraction of sp³-hybridized carbons (Fsp3) is 0.500. The molecule has 9 heteroatoms. The fourth-order valence-corrected chi connectivity index (χ4v) is 5.83. The molecule has 6 heterocycles. The zero-order valence-electron chi connectivity index (χ0n) is 18.2. The smallest absolute Gasteiger partial charge is 0.266 e. The number of rotatable bonds is 8. The van der Waals surface area contributed by atoms with Crippen molar-refractivity contribution in [2.24, 2.45) is 0 Å². The maximum absolute atomic E-state index is 7.36. The van der Waals surface area contributed by atoms with Crippen LogP contribution in [0, 0.1) is 0 Å². The van der Waals surface area contributed by atoms with Gasteiger partial charge in [-0.15, -0.1) is 0 Å². The van der Waals surface area contributed by atoms with Crippen molar-refractivity contribution < 1.29 is 33.2 Å². The van der Waals surface area contributed by atoms with Crippen molar-refractivity contribution >= 4 is 11.4 Å². The third-order valence-corrected chi connectivity index (χ3v) is 7.94. The van der Waals surface area contributed by atoms with Gasteiger partial charge in [-0.25, -0.2) is 0 Å². The maximum Gasteiger partial charge on any atom is 0.266 e. The molecule has 6 fully saturated rings. The van der Waals surface area contributed by atoms with Crippen LogP contribution in [-0.4, -0.2) is 48.6 Å². The molecule has 0 aromatic heterocycles. The third kappa shape index (κ3) is 2.05. The van der Waals surface area contributed by atoms with Crippen LogP contribution < -0.4 is 11.5 Å². The molecule has 9 nitrogen and oxygen atoms in total. The molecule has 33 heavy (non-hydrogen) atoms. The Balaban J connectivity index is 1.35. The van der Waals surface area contributed by atoms with Crippen LogP contribution in [-0.2, 0) is 44.4 Å². The molecule has 0 bridgehead atoms. The second-order valence-corrected chi connectivity index (χ2v) is 9.99. The highest BCUT2D eigenvalue weighted by Crippen LogP contribution is 2.82. The molecule has 6 aliphatic heterocycles. The second kappa shape index (κ2) is 5.21. The molecule has 8 rings (SSSR count). The van der Waals surface area contributed by atoms with Gasteiger partial charge >= 0.3 is 0 Å². The minimum atomic E-state index is -1.10. The number of hydrogen-bond acceptors (Lipinski definition) is 9. The van der Waals surface area contributed by atoms with Crippen LogP contribution in [0.1, 0.15) is 25.0 Å². The minimum Gasteiger partial charge on any atom is -0.399 e. The quantitative estimate of drug-likeness (QED) is 0.453. The number of benzene rings is 2. The molecule has 2 aromatic rings. The summed E-state index contributed by atoms with van der Waals surface area (Å²) in [6, 6.07) is 15.1. The Labute approximate surface area is 189 Å². The van der Waals surface area contributed by atoms with Gasteiger partial charge in [-0.2, -0.15) is 0 Å². The Morgan fingerprint density at radius 3 is 1.24 bits per heavy atom. The number of epoxide rings is 6. The molecule has 4 unspecified atom stereocenters. The molecule has 6 saturated heterocycles. The van der Waals surface area contributed by atoms with Crippen LogP contribution in [0.3, 0.4) is 0 Å². The molecule has 0 saturated carbocycles. The number of fused-ring (bicyclic) bond motifs is 2. The Morgan fingerprint density at radius 1 is 0.697 bits per heavy atom. The molecule has 0 aliphatic carbocycles. The van der Waals surface area contributed by atoms with E-state index in [-0.39, 0.29) is 12.2 Å². The molecular weight excluding hydrogens is 428 g/mol. The predicted octanol–water partition coefficient (Wildman–Crippen LogP) is 1.70. The van der Waals surface area contributed by atoms with Crippen LogP contribution in [0.4, 0.5) is 11.4 Å². The van der Waals surface area contributed by atoms with E-state index < -0.39 is 34.4 Å². The summed E-state index contributed by atoms with van der Waals surface area (Å²) in [6.45, 7) is 4.83. The van der Waals surface area contributed by atoms with Gasteiger partial charge in [0.1, 0.15) is 12.2 Å². The topological polar surface area (TPSA) is 136 Å². The van der Waals surface area contributed by atoms with Crippen LogP contribution >= 0.6 is 0 Å². The number of nitrogen functional groups attached to an aromatic ring is 2. The van der Waals surface area contributed by atoms with Crippen LogP contribution in [0.2, 0.25) is 0 Å². The van der Waals surface area contributed by atoms with Crippen LogP contribution in [0.25, 0.3) is 0 Å². The molecule has 0 spiro atoms. The van der Waals surface area contributed by atoms with Crippen molar-refractivity contribution in [2.75, 3.05) is 24.7 Å². The molecule has 2 aromatic carbocycles. The van der Waals surface area contributed by atoms with Gasteiger partial charge in [0.15, 0.2) is 11.2 Å². The van der Waals surface area contributed by atoms with E-state index in [1.54, 1.807) is 0 Å². The lowest BCUT2D eigenvalue weighted by Gasteiger charge is -2.43. The van der Waals surface area contributed by atoms with Crippen LogP contribution in [0.5, 0.6) is 0 Å².